The number of nitrogen functional groups attached to an aromatic ring is 1. The Bertz CT molecular complexity index is 641. The van der Waals surface area contributed by atoms with Gasteiger partial charge in [-0.15, -0.1) is 0 Å². The molecule has 0 fully saturated rings. The van der Waals surface area contributed by atoms with Crippen LogP contribution in [-0.4, -0.2) is 11.8 Å². The molecule has 0 radical (unpaired) electrons. The third-order valence-corrected chi connectivity index (χ3v) is 2.86. The Labute approximate surface area is 120 Å². The molecule has 0 aliphatic heterocycles. The van der Waals surface area contributed by atoms with Gasteiger partial charge >= 0.3 is 0 Å². The SMILES string of the molecule is NNC(=O)c1ccc(NC(=O)c2cccc(Cl)c2)cc1. The van der Waals surface area contributed by atoms with E-state index in [2.05, 4.69) is 5.32 Å². The molecule has 2 amide bonds. The van der Waals surface area contributed by atoms with E-state index in [0.29, 0.717) is 21.8 Å². The molecule has 0 saturated heterocycles. The van der Waals surface area contributed by atoms with Crippen LogP contribution in [0, 0.1) is 0 Å². The molecule has 0 atom stereocenters. The maximum Gasteiger partial charge on any atom is 0.265 e. The Morgan fingerprint density at radius 3 is 2.25 bits per heavy atom. The number of benzene rings is 2. The Balaban J connectivity index is 2.10. The number of carbonyl (C=O) groups excluding carboxylic acids is 2. The molecule has 0 bridgehead atoms. The lowest BCUT2D eigenvalue weighted by molar-refractivity contribution is 0.0953. The maximum absolute atomic E-state index is 12.0. The van der Waals surface area contributed by atoms with Crippen molar-refractivity contribution in [1.82, 2.24) is 5.43 Å². The Kier molecular flexibility index (Phi) is 4.34. The number of carbonyl (C=O) groups is 2. The van der Waals surface area contributed by atoms with Crippen molar-refractivity contribution in [2.24, 2.45) is 5.84 Å². The van der Waals surface area contributed by atoms with Crippen molar-refractivity contribution in [2.75, 3.05) is 5.32 Å². The summed E-state index contributed by atoms with van der Waals surface area (Å²) in [6, 6.07) is 13.0. The van der Waals surface area contributed by atoms with E-state index in [1.807, 2.05) is 5.43 Å². The van der Waals surface area contributed by atoms with Crippen LogP contribution in [0.2, 0.25) is 5.02 Å². The second-order valence-electron chi connectivity index (χ2n) is 4.02. The summed E-state index contributed by atoms with van der Waals surface area (Å²) in [5.41, 5.74) is 3.48. The molecule has 2 rings (SSSR count). The maximum atomic E-state index is 12.0. The first-order valence-electron chi connectivity index (χ1n) is 5.78. The number of rotatable bonds is 3. The summed E-state index contributed by atoms with van der Waals surface area (Å²) in [6.45, 7) is 0. The highest BCUT2D eigenvalue weighted by Gasteiger charge is 2.07. The summed E-state index contributed by atoms with van der Waals surface area (Å²) in [5, 5.41) is 3.20. The van der Waals surface area contributed by atoms with Crippen LogP contribution in [-0.2, 0) is 0 Å². The fourth-order valence-corrected chi connectivity index (χ4v) is 1.81. The Hall–Kier alpha value is -2.37. The molecule has 0 heterocycles. The van der Waals surface area contributed by atoms with Crippen molar-refractivity contribution >= 4 is 29.1 Å². The van der Waals surface area contributed by atoms with Gasteiger partial charge in [0.05, 0.1) is 0 Å². The van der Waals surface area contributed by atoms with E-state index < -0.39 is 5.91 Å². The first kappa shape index (κ1) is 14.0. The predicted octanol–water partition coefficient (Wildman–Crippen LogP) is 2.20. The van der Waals surface area contributed by atoms with E-state index in [1.165, 1.54) is 0 Å². The predicted molar refractivity (Wildman–Crippen MR) is 77.5 cm³/mol. The normalized spacial score (nSPS) is 9.90. The molecule has 20 heavy (non-hydrogen) atoms. The van der Waals surface area contributed by atoms with E-state index in [9.17, 15) is 9.59 Å². The van der Waals surface area contributed by atoms with Gasteiger partial charge in [-0.2, -0.15) is 0 Å². The minimum absolute atomic E-state index is 0.275. The highest BCUT2D eigenvalue weighted by atomic mass is 35.5. The average Bonchev–Trinajstić information content (AvgIpc) is 2.47. The van der Waals surface area contributed by atoms with E-state index in [1.54, 1.807) is 48.5 Å². The molecule has 4 N–H and O–H groups in total. The van der Waals surface area contributed by atoms with Crippen molar-refractivity contribution in [1.29, 1.82) is 0 Å². The first-order chi connectivity index (χ1) is 9.60. The first-order valence-corrected chi connectivity index (χ1v) is 6.16. The lowest BCUT2D eigenvalue weighted by Gasteiger charge is -2.06. The van der Waals surface area contributed by atoms with Crippen LogP contribution < -0.4 is 16.6 Å². The quantitative estimate of drug-likeness (QED) is 0.460. The molecule has 0 aliphatic carbocycles. The summed E-state index contributed by atoms with van der Waals surface area (Å²) < 4.78 is 0. The van der Waals surface area contributed by atoms with Crippen molar-refractivity contribution < 1.29 is 9.59 Å². The largest absolute Gasteiger partial charge is 0.322 e. The van der Waals surface area contributed by atoms with Crippen molar-refractivity contribution in [2.45, 2.75) is 0 Å². The lowest BCUT2D eigenvalue weighted by Crippen LogP contribution is -2.29. The summed E-state index contributed by atoms with van der Waals surface area (Å²) in [5.74, 6) is 4.37. The molecule has 2 aromatic rings. The van der Waals surface area contributed by atoms with Crippen LogP contribution in [0.4, 0.5) is 5.69 Å². The van der Waals surface area contributed by atoms with Gasteiger partial charge in [0.2, 0.25) is 0 Å². The molecule has 0 saturated carbocycles. The second kappa shape index (κ2) is 6.18. The van der Waals surface area contributed by atoms with Gasteiger partial charge in [-0.3, -0.25) is 15.0 Å². The van der Waals surface area contributed by atoms with Gasteiger partial charge in [-0.25, -0.2) is 5.84 Å². The molecule has 0 spiro atoms. The van der Waals surface area contributed by atoms with Crippen molar-refractivity contribution in [3.05, 3.63) is 64.7 Å². The number of amides is 2. The molecule has 2 aromatic carbocycles. The third kappa shape index (κ3) is 3.34. The fourth-order valence-electron chi connectivity index (χ4n) is 1.62. The molecular weight excluding hydrogens is 278 g/mol. The van der Waals surface area contributed by atoms with Crippen LogP contribution >= 0.6 is 11.6 Å². The molecule has 0 aromatic heterocycles. The topological polar surface area (TPSA) is 84.2 Å². The minimum atomic E-state index is -0.391. The highest BCUT2D eigenvalue weighted by molar-refractivity contribution is 6.31. The zero-order chi connectivity index (χ0) is 14.5. The van der Waals surface area contributed by atoms with Crippen LogP contribution in [0.1, 0.15) is 20.7 Å². The van der Waals surface area contributed by atoms with Gasteiger partial charge in [0.1, 0.15) is 0 Å². The van der Waals surface area contributed by atoms with Crippen LogP contribution in [0.25, 0.3) is 0 Å². The number of halogens is 1. The number of hydrogen-bond donors (Lipinski definition) is 3. The summed E-state index contributed by atoms with van der Waals surface area (Å²) in [4.78, 5) is 23.2. The van der Waals surface area contributed by atoms with E-state index in [0.717, 1.165) is 0 Å². The summed E-state index contributed by atoms with van der Waals surface area (Å²) in [6.07, 6.45) is 0. The molecule has 0 aliphatic rings. The molecule has 0 unspecified atom stereocenters. The fraction of sp³-hybridized carbons (Fsp3) is 0. The Morgan fingerprint density at radius 2 is 1.65 bits per heavy atom. The van der Waals surface area contributed by atoms with Gasteiger partial charge in [0.15, 0.2) is 0 Å². The second-order valence-corrected chi connectivity index (χ2v) is 4.45. The van der Waals surface area contributed by atoms with Crippen LogP contribution in [0.5, 0.6) is 0 Å². The summed E-state index contributed by atoms with van der Waals surface area (Å²) in [7, 11) is 0. The average molecular weight is 290 g/mol. The van der Waals surface area contributed by atoms with Gasteiger partial charge < -0.3 is 5.32 Å². The zero-order valence-electron chi connectivity index (χ0n) is 10.4. The van der Waals surface area contributed by atoms with E-state index >= 15 is 0 Å². The van der Waals surface area contributed by atoms with Crippen molar-refractivity contribution in [3.8, 4) is 0 Å². The number of nitrogens with two attached hydrogens (primary N) is 1. The summed E-state index contributed by atoms with van der Waals surface area (Å²) >= 11 is 5.83. The number of nitrogens with one attached hydrogen (secondary N) is 2. The lowest BCUT2D eigenvalue weighted by atomic mass is 10.1. The smallest absolute Gasteiger partial charge is 0.265 e. The van der Waals surface area contributed by atoms with Crippen LogP contribution in [0.15, 0.2) is 48.5 Å². The van der Waals surface area contributed by atoms with Gasteiger partial charge in [-0.1, -0.05) is 17.7 Å². The standard InChI is InChI=1S/C14H12ClN3O2/c15-11-3-1-2-10(8-11)13(19)17-12-6-4-9(5-7-12)14(20)18-16/h1-8H,16H2,(H,17,19)(H,18,20). The number of hydrazine groups is 1. The highest BCUT2D eigenvalue weighted by Crippen LogP contribution is 2.14. The van der Waals surface area contributed by atoms with E-state index in [-0.39, 0.29) is 5.91 Å². The zero-order valence-corrected chi connectivity index (χ0v) is 11.1. The number of anilines is 1. The van der Waals surface area contributed by atoms with Crippen LogP contribution in [0.3, 0.4) is 0 Å². The number of hydrogen-bond acceptors (Lipinski definition) is 3. The van der Waals surface area contributed by atoms with Gasteiger partial charge in [0, 0.05) is 21.8 Å². The Morgan fingerprint density at radius 1 is 0.950 bits per heavy atom. The molecule has 6 heteroatoms. The molecule has 5 nitrogen and oxygen atoms in total. The minimum Gasteiger partial charge on any atom is -0.322 e. The van der Waals surface area contributed by atoms with Crippen molar-refractivity contribution in [3.63, 3.8) is 0 Å². The van der Waals surface area contributed by atoms with Gasteiger partial charge in [-0.05, 0) is 42.5 Å². The molecule has 102 valence electrons. The van der Waals surface area contributed by atoms with E-state index in [4.69, 9.17) is 17.4 Å². The van der Waals surface area contributed by atoms with Gasteiger partial charge in [0.25, 0.3) is 11.8 Å². The monoisotopic (exact) mass is 289 g/mol. The molecular formula is C14H12ClN3O2. The third-order valence-electron chi connectivity index (χ3n) is 2.62.